The zero-order valence-electron chi connectivity index (χ0n) is 6.30. The van der Waals surface area contributed by atoms with Crippen molar-refractivity contribution in [2.75, 3.05) is 5.75 Å². The third-order valence-corrected chi connectivity index (χ3v) is 3.29. The molecule has 0 N–H and O–H groups in total. The Morgan fingerprint density at radius 2 is 2.23 bits per heavy atom. The summed E-state index contributed by atoms with van der Waals surface area (Å²) < 4.78 is 35.9. The first-order valence-corrected chi connectivity index (χ1v) is 5.13. The van der Waals surface area contributed by atoms with E-state index in [2.05, 4.69) is 0 Å². The zero-order chi connectivity index (χ0) is 9.90. The Balaban J connectivity index is 2.40. The Hall–Kier alpha value is -0.490. The summed E-state index contributed by atoms with van der Waals surface area (Å²) in [6.45, 7) is 0. The topological polar surface area (TPSA) is 17.1 Å². The summed E-state index contributed by atoms with van der Waals surface area (Å²) in [6.07, 6.45) is -4.70. The third-order valence-electron chi connectivity index (χ3n) is 1.16. The molecule has 0 unspecified atom stereocenters. The molecule has 13 heavy (non-hydrogen) atoms. The van der Waals surface area contributed by atoms with E-state index in [9.17, 15) is 18.0 Å². The minimum absolute atomic E-state index is 0.538. The Morgan fingerprint density at radius 1 is 1.54 bits per heavy atom. The molecule has 0 saturated carbocycles. The molecule has 0 spiro atoms. The van der Waals surface area contributed by atoms with Crippen LogP contribution in [-0.4, -0.2) is 17.7 Å². The first kappa shape index (κ1) is 10.6. The molecule has 0 radical (unpaired) electrons. The number of carbonyl (C=O) groups excluding carboxylic acids is 1. The average molecular weight is 226 g/mol. The van der Waals surface area contributed by atoms with Gasteiger partial charge in [0.1, 0.15) is 0 Å². The predicted octanol–water partition coefficient (Wildman–Crippen LogP) is 2.97. The van der Waals surface area contributed by atoms with E-state index in [1.807, 2.05) is 0 Å². The number of carbonyl (C=O) groups is 1. The molecule has 0 aromatic carbocycles. The molecule has 6 heteroatoms. The zero-order valence-corrected chi connectivity index (χ0v) is 7.93. The van der Waals surface area contributed by atoms with Crippen LogP contribution >= 0.6 is 23.1 Å². The first-order chi connectivity index (χ1) is 6.00. The third kappa shape index (κ3) is 3.40. The Morgan fingerprint density at radius 3 is 2.69 bits per heavy atom. The maximum absolute atomic E-state index is 11.7. The van der Waals surface area contributed by atoms with Crippen molar-refractivity contribution in [3.63, 3.8) is 0 Å². The molecule has 1 aromatic heterocycles. The average Bonchev–Trinajstić information content (AvgIpc) is 2.50. The van der Waals surface area contributed by atoms with Gasteiger partial charge in [-0.25, -0.2) is 0 Å². The van der Waals surface area contributed by atoms with Crippen LogP contribution in [0.3, 0.4) is 0 Å². The van der Waals surface area contributed by atoms with Crippen molar-refractivity contribution >= 4 is 28.9 Å². The number of halogens is 3. The SMILES string of the molecule is O=C(CSc1cccs1)C(F)(F)F. The van der Waals surface area contributed by atoms with Crippen LogP contribution in [0.4, 0.5) is 13.2 Å². The minimum atomic E-state index is -4.70. The summed E-state index contributed by atoms with van der Waals surface area (Å²) in [6, 6.07) is 3.41. The molecule has 0 saturated heterocycles. The van der Waals surface area contributed by atoms with Crippen LogP contribution in [-0.2, 0) is 4.79 Å². The van der Waals surface area contributed by atoms with Crippen LogP contribution in [0.5, 0.6) is 0 Å². The number of alkyl halides is 3. The van der Waals surface area contributed by atoms with E-state index in [1.54, 1.807) is 17.5 Å². The molecule has 1 aromatic rings. The molecular weight excluding hydrogens is 221 g/mol. The number of hydrogen-bond donors (Lipinski definition) is 0. The summed E-state index contributed by atoms with van der Waals surface area (Å²) in [5, 5.41) is 1.75. The van der Waals surface area contributed by atoms with E-state index in [4.69, 9.17) is 0 Å². The van der Waals surface area contributed by atoms with Crippen molar-refractivity contribution in [1.29, 1.82) is 0 Å². The normalized spacial score (nSPS) is 11.6. The van der Waals surface area contributed by atoms with Crippen LogP contribution in [0.15, 0.2) is 21.7 Å². The summed E-state index contributed by atoms with van der Waals surface area (Å²) in [7, 11) is 0. The van der Waals surface area contributed by atoms with E-state index in [1.165, 1.54) is 11.3 Å². The molecule has 0 aliphatic rings. The fourth-order valence-corrected chi connectivity index (χ4v) is 2.24. The molecule has 1 heterocycles. The van der Waals surface area contributed by atoms with Gasteiger partial charge in [-0.3, -0.25) is 4.79 Å². The molecule has 0 bridgehead atoms. The number of ketones is 1. The fraction of sp³-hybridized carbons (Fsp3) is 0.286. The highest BCUT2D eigenvalue weighted by atomic mass is 32.2. The number of Topliss-reactive ketones (excluding diaryl/α,β-unsaturated/α-hetero) is 1. The summed E-state index contributed by atoms with van der Waals surface area (Å²) >= 11 is 2.23. The lowest BCUT2D eigenvalue weighted by Crippen LogP contribution is -2.24. The highest BCUT2D eigenvalue weighted by molar-refractivity contribution is 8.01. The van der Waals surface area contributed by atoms with E-state index < -0.39 is 17.7 Å². The molecule has 0 atom stereocenters. The van der Waals surface area contributed by atoms with Gasteiger partial charge >= 0.3 is 6.18 Å². The van der Waals surface area contributed by atoms with Crippen LogP contribution in [0.2, 0.25) is 0 Å². The minimum Gasteiger partial charge on any atom is -0.289 e. The molecule has 72 valence electrons. The molecule has 0 aliphatic carbocycles. The second-order valence-electron chi connectivity index (χ2n) is 2.14. The van der Waals surface area contributed by atoms with Crippen LogP contribution in [0, 0.1) is 0 Å². The number of rotatable bonds is 3. The lowest BCUT2D eigenvalue weighted by Gasteiger charge is -2.02. The van der Waals surface area contributed by atoms with Gasteiger partial charge < -0.3 is 0 Å². The van der Waals surface area contributed by atoms with Crippen molar-refractivity contribution in [3.8, 4) is 0 Å². The van der Waals surface area contributed by atoms with Gasteiger partial charge in [0.15, 0.2) is 0 Å². The van der Waals surface area contributed by atoms with Gasteiger partial charge in [0.25, 0.3) is 0 Å². The van der Waals surface area contributed by atoms with Crippen molar-refractivity contribution in [2.45, 2.75) is 10.4 Å². The lowest BCUT2D eigenvalue weighted by atomic mass is 10.4. The van der Waals surface area contributed by atoms with Crippen LogP contribution in [0.1, 0.15) is 0 Å². The van der Waals surface area contributed by atoms with Gasteiger partial charge in [-0.1, -0.05) is 6.07 Å². The predicted molar refractivity (Wildman–Crippen MR) is 46.1 cm³/mol. The van der Waals surface area contributed by atoms with Gasteiger partial charge in [0.05, 0.1) is 9.96 Å². The van der Waals surface area contributed by atoms with Gasteiger partial charge in [0.2, 0.25) is 5.78 Å². The Kier molecular flexibility index (Phi) is 3.38. The van der Waals surface area contributed by atoms with Crippen molar-refractivity contribution in [1.82, 2.24) is 0 Å². The molecule has 0 aliphatic heterocycles. The van der Waals surface area contributed by atoms with Crippen molar-refractivity contribution in [2.24, 2.45) is 0 Å². The quantitative estimate of drug-likeness (QED) is 0.737. The maximum Gasteiger partial charge on any atom is 0.450 e. The van der Waals surface area contributed by atoms with E-state index >= 15 is 0 Å². The first-order valence-electron chi connectivity index (χ1n) is 3.26. The smallest absolute Gasteiger partial charge is 0.289 e. The van der Waals surface area contributed by atoms with Crippen molar-refractivity contribution < 1.29 is 18.0 Å². The van der Waals surface area contributed by atoms with E-state index in [-0.39, 0.29) is 0 Å². The second-order valence-corrected chi connectivity index (χ2v) is 4.36. The van der Waals surface area contributed by atoms with Crippen molar-refractivity contribution in [3.05, 3.63) is 17.5 Å². The highest BCUT2D eigenvalue weighted by Gasteiger charge is 2.37. The Bertz CT molecular complexity index is 278. The van der Waals surface area contributed by atoms with Gasteiger partial charge in [-0.2, -0.15) is 13.2 Å². The molecular formula is C7H5F3OS2. The van der Waals surface area contributed by atoms with Gasteiger partial charge in [0, 0.05) is 0 Å². The van der Waals surface area contributed by atoms with Crippen LogP contribution in [0.25, 0.3) is 0 Å². The van der Waals surface area contributed by atoms with Crippen LogP contribution < -0.4 is 0 Å². The Labute approximate surface area is 80.9 Å². The summed E-state index contributed by atoms with van der Waals surface area (Å²) in [4.78, 5) is 10.4. The monoisotopic (exact) mass is 226 g/mol. The van der Waals surface area contributed by atoms with Gasteiger partial charge in [-0.15, -0.1) is 23.1 Å². The highest BCUT2D eigenvalue weighted by Crippen LogP contribution is 2.26. The second kappa shape index (κ2) is 4.15. The number of hydrogen-bond acceptors (Lipinski definition) is 3. The molecule has 1 rings (SSSR count). The number of thioether (sulfide) groups is 1. The lowest BCUT2D eigenvalue weighted by molar-refractivity contribution is -0.167. The standard InChI is InChI=1S/C7H5F3OS2/c8-7(9,10)5(11)4-13-6-2-1-3-12-6/h1-3H,4H2. The maximum atomic E-state index is 11.7. The molecule has 0 fully saturated rings. The summed E-state index contributed by atoms with van der Waals surface area (Å²) in [5.41, 5.74) is 0. The molecule has 1 nitrogen and oxygen atoms in total. The summed E-state index contributed by atoms with van der Waals surface area (Å²) in [5.74, 6) is -2.23. The van der Waals surface area contributed by atoms with E-state index in [0.717, 1.165) is 16.0 Å². The fourth-order valence-electron chi connectivity index (χ4n) is 0.564. The number of thiophene rings is 1. The molecule has 0 amide bonds. The largest absolute Gasteiger partial charge is 0.450 e. The van der Waals surface area contributed by atoms with Gasteiger partial charge in [-0.05, 0) is 11.4 Å². The van der Waals surface area contributed by atoms with E-state index in [0.29, 0.717) is 0 Å².